The Balaban J connectivity index is 1.54. The van der Waals surface area contributed by atoms with E-state index in [0.717, 1.165) is 64.5 Å². The molecule has 2 fully saturated rings. The van der Waals surface area contributed by atoms with Crippen molar-refractivity contribution in [1.29, 1.82) is 0 Å². The summed E-state index contributed by atoms with van der Waals surface area (Å²) in [6.07, 6.45) is 3.72. The molecule has 0 aromatic carbocycles. The molecule has 1 atom stereocenters. The number of likely N-dealkylation sites (tertiary alicyclic amines) is 1. The standard InChI is InChI=1S/C16H26ClN5O/c1-19-7-4-13(11-19)16(23)22-6-3-5-21(8-9-22)12-15-18-10-14(17)20(15)2/h10,13H,3-9,11-12H2,1-2H3/t13-/m1/s1. The number of hydrogen-bond donors (Lipinski definition) is 0. The first-order valence-electron chi connectivity index (χ1n) is 8.40. The number of aromatic nitrogens is 2. The van der Waals surface area contributed by atoms with Crippen molar-refractivity contribution in [3.8, 4) is 0 Å². The van der Waals surface area contributed by atoms with Crippen molar-refractivity contribution in [3.63, 3.8) is 0 Å². The molecule has 7 heteroatoms. The summed E-state index contributed by atoms with van der Waals surface area (Å²) in [4.78, 5) is 23.7. The molecular weight excluding hydrogens is 314 g/mol. The Morgan fingerprint density at radius 2 is 2.09 bits per heavy atom. The van der Waals surface area contributed by atoms with Gasteiger partial charge in [0, 0.05) is 39.8 Å². The quantitative estimate of drug-likeness (QED) is 0.826. The zero-order valence-corrected chi connectivity index (χ0v) is 14.8. The fourth-order valence-corrected chi connectivity index (χ4v) is 3.66. The van der Waals surface area contributed by atoms with Crippen molar-refractivity contribution in [2.24, 2.45) is 13.0 Å². The number of nitrogens with zero attached hydrogens (tertiary/aromatic N) is 5. The molecule has 6 nitrogen and oxygen atoms in total. The molecule has 3 rings (SSSR count). The van der Waals surface area contributed by atoms with Gasteiger partial charge in [-0.2, -0.15) is 0 Å². The average Bonchev–Trinajstić information content (AvgIpc) is 3.00. The maximum absolute atomic E-state index is 12.7. The minimum atomic E-state index is 0.194. The summed E-state index contributed by atoms with van der Waals surface area (Å²) in [5.41, 5.74) is 0. The van der Waals surface area contributed by atoms with Crippen LogP contribution in [0.2, 0.25) is 5.15 Å². The number of carbonyl (C=O) groups is 1. The van der Waals surface area contributed by atoms with Crippen molar-refractivity contribution in [3.05, 3.63) is 17.2 Å². The second-order valence-corrected chi connectivity index (χ2v) is 7.15. The van der Waals surface area contributed by atoms with Crippen LogP contribution in [0, 0.1) is 5.92 Å². The summed E-state index contributed by atoms with van der Waals surface area (Å²) in [6, 6.07) is 0. The van der Waals surface area contributed by atoms with Gasteiger partial charge < -0.3 is 14.4 Å². The minimum Gasteiger partial charge on any atom is -0.341 e. The number of halogens is 1. The molecule has 2 saturated heterocycles. The Morgan fingerprint density at radius 1 is 1.26 bits per heavy atom. The Bertz CT molecular complexity index is 561. The fraction of sp³-hybridized carbons (Fsp3) is 0.750. The van der Waals surface area contributed by atoms with E-state index in [-0.39, 0.29) is 5.92 Å². The summed E-state index contributed by atoms with van der Waals surface area (Å²) >= 11 is 6.05. The lowest BCUT2D eigenvalue weighted by molar-refractivity contribution is -0.135. The minimum absolute atomic E-state index is 0.194. The number of rotatable bonds is 3. The topological polar surface area (TPSA) is 44.6 Å². The summed E-state index contributed by atoms with van der Waals surface area (Å²) in [7, 11) is 4.03. The van der Waals surface area contributed by atoms with E-state index in [2.05, 4.69) is 26.7 Å². The first-order chi connectivity index (χ1) is 11.0. The van der Waals surface area contributed by atoms with Crippen molar-refractivity contribution in [2.45, 2.75) is 19.4 Å². The molecule has 0 radical (unpaired) electrons. The first kappa shape index (κ1) is 16.7. The fourth-order valence-electron chi connectivity index (χ4n) is 3.52. The van der Waals surface area contributed by atoms with Gasteiger partial charge in [-0.3, -0.25) is 9.69 Å². The smallest absolute Gasteiger partial charge is 0.227 e. The largest absolute Gasteiger partial charge is 0.341 e. The Labute approximate surface area is 143 Å². The Hall–Kier alpha value is -1.11. The van der Waals surface area contributed by atoms with Crippen LogP contribution in [-0.4, -0.2) is 76.5 Å². The highest BCUT2D eigenvalue weighted by atomic mass is 35.5. The van der Waals surface area contributed by atoms with Crippen LogP contribution in [0.15, 0.2) is 6.20 Å². The van der Waals surface area contributed by atoms with Gasteiger partial charge in [-0.25, -0.2) is 4.98 Å². The van der Waals surface area contributed by atoms with Crippen LogP contribution in [0.25, 0.3) is 0 Å². The van der Waals surface area contributed by atoms with Gasteiger partial charge in [0.25, 0.3) is 0 Å². The van der Waals surface area contributed by atoms with Gasteiger partial charge >= 0.3 is 0 Å². The molecule has 23 heavy (non-hydrogen) atoms. The molecule has 2 aliphatic rings. The molecule has 0 bridgehead atoms. The molecule has 2 aliphatic heterocycles. The summed E-state index contributed by atoms with van der Waals surface area (Å²) in [5, 5.41) is 0.664. The van der Waals surface area contributed by atoms with Gasteiger partial charge in [0.2, 0.25) is 5.91 Å². The van der Waals surface area contributed by atoms with Gasteiger partial charge in [0.05, 0.1) is 18.7 Å². The number of imidazole rings is 1. The van der Waals surface area contributed by atoms with Crippen LogP contribution >= 0.6 is 11.6 Å². The van der Waals surface area contributed by atoms with Crippen molar-refractivity contribution in [1.82, 2.24) is 24.3 Å². The van der Waals surface area contributed by atoms with Crippen molar-refractivity contribution >= 4 is 17.5 Å². The molecule has 1 aromatic rings. The SMILES string of the molecule is CN1CC[C@@H](C(=O)N2CCCN(Cc3ncc(Cl)n3C)CC2)C1. The molecule has 0 saturated carbocycles. The monoisotopic (exact) mass is 339 g/mol. The highest BCUT2D eigenvalue weighted by molar-refractivity contribution is 6.29. The van der Waals surface area contributed by atoms with E-state index in [4.69, 9.17) is 11.6 Å². The maximum atomic E-state index is 12.7. The second-order valence-electron chi connectivity index (χ2n) is 6.76. The molecule has 0 N–H and O–H groups in total. The van der Waals surface area contributed by atoms with Crippen LogP contribution in [-0.2, 0) is 18.4 Å². The first-order valence-corrected chi connectivity index (χ1v) is 8.78. The third-order valence-corrected chi connectivity index (χ3v) is 5.38. The van der Waals surface area contributed by atoms with E-state index < -0.39 is 0 Å². The Kier molecular flexibility index (Phi) is 5.24. The van der Waals surface area contributed by atoms with Gasteiger partial charge in [-0.1, -0.05) is 11.6 Å². The molecule has 1 aromatic heterocycles. The second kappa shape index (κ2) is 7.20. The summed E-state index contributed by atoms with van der Waals surface area (Å²) < 4.78 is 1.92. The van der Waals surface area contributed by atoms with Gasteiger partial charge in [0.1, 0.15) is 11.0 Å². The van der Waals surface area contributed by atoms with E-state index in [1.807, 2.05) is 11.6 Å². The van der Waals surface area contributed by atoms with Gasteiger partial charge in [-0.15, -0.1) is 0 Å². The molecular formula is C16H26ClN5O. The third-order valence-electron chi connectivity index (χ3n) is 5.03. The number of carbonyl (C=O) groups excluding carboxylic acids is 1. The molecule has 128 valence electrons. The lowest BCUT2D eigenvalue weighted by atomic mass is 10.1. The van der Waals surface area contributed by atoms with Crippen molar-refractivity contribution in [2.75, 3.05) is 46.3 Å². The molecule has 0 aliphatic carbocycles. The van der Waals surface area contributed by atoms with Crippen LogP contribution in [0.1, 0.15) is 18.7 Å². The average molecular weight is 340 g/mol. The summed E-state index contributed by atoms with van der Waals surface area (Å²) in [5.74, 6) is 1.52. The van der Waals surface area contributed by atoms with Crippen LogP contribution in [0.4, 0.5) is 0 Å². The highest BCUT2D eigenvalue weighted by Crippen LogP contribution is 2.19. The molecule has 3 heterocycles. The van der Waals surface area contributed by atoms with Crippen LogP contribution < -0.4 is 0 Å². The van der Waals surface area contributed by atoms with Gasteiger partial charge in [0.15, 0.2) is 0 Å². The molecule has 0 unspecified atom stereocenters. The third kappa shape index (κ3) is 3.87. The van der Waals surface area contributed by atoms with E-state index in [9.17, 15) is 4.79 Å². The zero-order chi connectivity index (χ0) is 16.4. The normalized spacial score (nSPS) is 24.1. The van der Waals surface area contributed by atoms with Crippen LogP contribution in [0.3, 0.4) is 0 Å². The van der Waals surface area contributed by atoms with Crippen molar-refractivity contribution < 1.29 is 4.79 Å². The van der Waals surface area contributed by atoms with Crippen LogP contribution in [0.5, 0.6) is 0 Å². The maximum Gasteiger partial charge on any atom is 0.227 e. The van der Waals surface area contributed by atoms with E-state index in [0.29, 0.717) is 11.1 Å². The highest BCUT2D eigenvalue weighted by Gasteiger charge is 2.30. The lowest BCUT2D eigenvalue weighted by Crippen LogP contribution is -2.39. The number of hydrogen-bond acceptors (Lipinski definition) is 4. The summed E-state index contributed by atoms with van der Waals surface area (Å²) in [6.45, 7) is 6.32. The Morgan fingerprint density at radius 3 is 2.74 bits per heavy atom. The van der Waals surface area contributed by atoms with E-state index >= 15 is 0 Å². The van der Waals surface area contributed by atoms with E-state index in [1.165, 1.54) is 0 Å². The predicted molar refractivity (Wildman–Crippen MR) is 90.3 cm³/mol. The lowest BCUT2D eigenvalue weighted by Gasteiger charge is -2.24. The predicted octanol–water partition coefficient (Wildman–Crippen LogP) is 1.06. The van der Waals surface area contributed by atoms with E-state index in [1.54, 1.807) is 6.20 Å². The zero-order valence-electron chi connectivity index (χ0n) is 14.0. The molecule has 0 spiro atoms. The molecule has 1 amide bonds. The van der Waals surface area contributed by atoms with Gasteiger partial charge in [-0.05, 0) is 26.4 Å². The number of amides is 1.